The van der Waals surface area contributed by atoms with Crippen molar-refractivity contribution in [3.63, 3.8) is 0 Å². The van der Waals surface area contributed by atoms with E-state index < -0.39 is 5.97 Å². The quantitative estimate of drug-likeness (QED) is 0.739. The van der Waals surface area contributed by atoms with Crippen LogP contribution in [0.4, 0.5) is 0 Å². The average Bonchev–Trinajstić information content (AvgIpc) is 3.40. The van der Waals surface area contributed by atoms with E-state index in [-0.39, 0.29) is 11.0 Å². The minimum absolute atomic E-state index is 0.0223. The van der Waals surface area contributed by atoms with Gasteiger partial charge in [0.05, 0.1) is 5.97 Å². The number of carbonyl (C=O) groups is 1. The van der Waals surface area contributed by atoms with Crippen molar-refractivity contribution in [1.29, 1.82) is 0 Å². The van der Waals surface area contributed by atoms with Crippen molar-refractivity contribution in [2.45, 2.75) is 17.8 Å². The summed E-state index contributed by atoms with van der Waals surface area (Å²) in [7, 11) is 0. The van der Waals surface area contributed by atoms with Crippen LogP contribution in [0.1, 0.15) is 39.4 Å². The van der Waals surface area contributed by atoms with Crippen molar-refractivity contribution in [2.24, 2.45) is 0 Å². The maximum atomic E-state index is 11.0. The van der Waals surface area contributed by atoms with E-state index in [9.17, 15) is 9.90 Å². The summed E-state index contributed by atoms with van der Waals surface area (Å²) in [4.78, 5) is 11.0. The first-order valence-corrected chi connectivity index (χ1v) is 8.14. The van der Waals surface area contributed by atoms with Gasteiger partial charge in [-0.15, -0.1) is 0 Å². The molecule has 0 bridgehead atoms. The molecule has 0 saturated heterocycles. The molecule has 3 aromatic carbocycles. The zero-order valence-electron chi connectivity index (χ0n) is 13.2. The molecule has 0 unspecified atom stereocenters. The second kappa shape index (κ2) is 5.64. The molecule has 2 nitrogen and oxygen atoms in total. The number of carboxylic acids is 1. The predicted octanol–water partition coefficient (Wildman–Crippen LogP) is 3.52. The van der Waals surface area contributed by atoms with Crippen molar-refractivity contribution in [2.75, 3.05) is 0 Å². The molecule has 1 atom stereocenters. The molecule has 0 heterocycles. The van der Waals surface area contributed by atoms with Gasteiger partial charge in [0.1, 0.15) is 0 Å². The minimum Gasteiger partial charge on any atom is -0.545 e. The number of rotatable bonds is 4. The summed E-state index contributed by atoms with van der Waals surface area (Å²) in [6.45, 7) is 0. The van der Waals surface area contributed by atoms with E-state index in [1.165, 1.54) is 16.7 Å². The second-order valence-electron chi connectivity index (χ2n) is 6.37. The standard InChI is InChI=1S/C22H18O2/c23-21(24)17-13-11-16(12-14-17)20-15-22(20,18-7-3-1-4-8-18)19-9-5-2-6-10-19/h1-14,20H,15H2,(H,23,24)/p-1/t20-/m1/s1. The largest absolute Gasteiger partial charge is 0.545 e. The molecule has 118 valence electrons. The molecular formula is C22H17O2-. The van der Waals surface area contributed by atoms with Crippen LogP contribution in [0.3, 0.4) is 0 Å². The minimum atomic E-state index is -1.13. The zero-order valence-corrected chi connectivity index (χ0v) is 13.2. The Bertz CT molecular complexity index is 812. The Morgan fingerprint density at radius 1 is 0.792 bits per heavy atom. The van der Waals surface area contributed by atoms with Gasteiger partial charge < -0.3 is 9.90 Å². The molecule has 0 spiro atoms. The molecule has 0 amide bonds. The van der Waals surface area contributed by atoms with Crippen molar-refractivity contribution in [3.8, 4) is 0 Å². The number of aromatic carboxylic acids is 1. The van der Waals surface area contributed by atoms with E-state index in [1.54, 1.807) is 12.1 Å². The topological polar surface area (TPSA) is 40.1 Å². The molecule has 1 fully saturated rings. The molecule has 0 N–H and O–H groups in total. The Kier molecular flexibility index (Phi) is 3.46. The van der Waals surface area contributed by atoms with Gasteiger partial charge in [-0.05, 0) is 34.6 Å². The zero-order chi connectivity index (χ0) is 16.6. The van der Waals surface area contributed by atoms with Gasteiger partial charge in [0.2, 0.25) is 0 Å². The van der Waals surface area contributed by atoms with Gasteiger partial charge in [-0.3, -0.25) is 0 Å². The highest BCUT2D eigenvalue weighted by Gasteiger charge is 2.56. The first kappa shape index (κ1) is 14.7. The first-order chi connectivity index (χ1) is 11.7. The maximum Gasteiger partial charge on any atom is 0.0715 e. The lowest BCUT2D eigenvalue weighted by molar-refractivity contribution is -0.255. The highest BCUT2D eigenvalue weighted by molar-refractivity contribution is 5.85. The lowest BCUT2D eigenvalue weighted by atomic mass is 9.84. The summed E-state index contributed by atoms with van der Waals surface area (Å²) in [5.41, 5.74) is 4.00. The molecule has 4 rings (SSSR count). The number of hydrogen-bond donors (Lipinski definition) is 0. The summed E-state index contributed by atoms with van der Waals surface area (Å²) in [6, 6.07) is 28.2. The van der Waals surface area contributed by atoms with Gasteiger partial charge in [-0.1, -0.05) is 84.9 Å². The third kappa shape index (κ3) is 2.31. The van der Waals surface area contributed by atoms with E-state index in [4.69, 9.17) is 0 Å². The predicted molar refractivity (Wildman–Crippen MR) is 91.8 cm³/mol. The molecule has 3 aromatic rings. The van der Waals surface area contributed by atoms with Crippen LogP contribution in [0.25, 0.3) is 0 Å². The van der Waals surface area contributed by atoms with E-state index >= 15 is 0 Å². The highest BCUT2D eigenvalue weighted by Crippen LogP contribution is 2.64. The molecule has 1 aliphatic rings. The van der Waals surface area contributed by atoms with Crippen LogP contribution >= 0.6 is 0 Å². The normalized spacial score (nSPS) is 18.1. The van der Waals surface area contributed by atoms with Gasteiger partial charge in [0.25, 0.3) is 0 Å². The molecular weight excluding hydrogens is 296 g/mol. The molecule has 0 aliphatic heterocycles. The third-order valence-corrected chi connectivity index (χ3v) is 5.09. The lowest BCUT2D eigenvalue weighted by Crippen LogP contribution is -2.22. The van der Waals surface area contributed by atoms with Crippen LogP contribution in [0.5, 0.6) is 0 Å². The summed E-state index contributed by atoms with van der Waals surface area (Å²) < 4.78 is 0. The molecule has 1 aliphatic carbocycles. The molecule has 0 aromatic heterocycles. The fourth-order valence-electron chi connectivity index (χ4n) is 3.79. The Morgan fingerprint density at radius 3 is 1.75 bits per heavy atom. The maximum absolute atomic E-state index is 11.0. The average molecular weight is 313 g/mol. The van der Waals surface area contributed by atoms with Crippen LogP contribution < -0.4 is 5.11 Å². The molecule has 0 radical (unpaired) electrons. The van der Waals surface area contributed by atoms with Gasteiger partial charge in [-0.2, -0.15) is 0 Å². The van der Waals surface area contributed by atoms with E-state index in [2.05, 4.69) is 48.5 Å². The molecule has 1 saturated carbocycles. The van der Waals surface area contributed by atoms with Gasteiger partial charge in [0, 0.05) is 5.41 Å². The number of carboxylic acid groups (broad SMARTS) is 1. The van der Waals surface area contributed by atoms with E-state index in [0.717, 1.165) is 6.42 Å². The Morgan fingerprint density at radius 2 is 1.29 bits per heavy atom. The van der Waals surface area contributed by atoms with Crippen molar-refractivity contribution >= 4 is 5.97 Å². The lowest BCUT2D eigenvalue weighted by Gasteiger charge is -2.19. The van der Waals surface area contributed by atoms with Crippen LogP contribution in [-0.4, -0.2) is 5.97 Å². The smallest absolute Gasteiger partial charge is 0.0715 e. The summed E-state index contributed by atoms with van der Waals surface area (Å²) >= 11 is 0. The van der Waals surface area contributed by atoms with E-state index in [0.29, 0.717) is 5.92 Å². The van der Waals surface area contributed by atoms with Crippen molar-refractivity contribution in [1.82, 2.24) is 0 Å². The first-order valence-electron chi connectivity index (χ1n) is 8.14. The molecule has 24 heavy (non-hydrogen) atoms. The van der Waals surface area contributed by atoms with Crippen LogP contribution in [0.15, 0.2) is 84.9 Å². The van der Waals surface area contributed by atoms with Crippen molar-refractivity contribution in [3.05, 3.63) is 107 Å². The van der Waals surface area contributed by atoms with E-state index in [1.807, 2.05) is 24.3 Å². The van der Waals surface area contributed by atoms with Gasteiger partial charge in [-0.25, -0.2) is 0 Å². The van der Waals surface area contributed by atoms with Crippen LogP contribution in [-0.2, 0) is 5.41 Å². The fraction of sp³-hybridized carbons (Fsp3) is 0.136. The number of benzene rings is 3. The van der Waals surface area contributed by atoms with Gasteiger partial charge in [0.15, 0.2) is 0 Å². The summed E-state index contributed by atoms with van der Waals surface area (Å²) in [5, 5.41) is 11.0. The van der Waals surface area contributed by atoms with Crippen LogP contribution in [0, 0.1) is 0 Å². The SMILES string of the molecule is O=C([O-])c1ccc([C@H]2CC2(c2ccccc2)c2ccccc2)cc1. The summed E-state index contributed by atoms with van der Waals surface area (Å²) in [6.07, 6.45) is 1.03. The third-order valence-electron chi connectivity index (χ3n) is 5.09. The Labute approximate surface area is 141 Å². The number of hydrogen-bond acceptors (Lipinski definition) is 2. The monoisotopic (exact) mass is 313 g/mol. The second-order valence-corrected chi connectivity index (χ2v) is 6.37. The van der Waals surface area contributed by atoms with Crippen molar-refractivity contribution < 1.29 is 9.90 Å². The van der Waals surface area contributed by atoms with Gasteiger partial charge >= 0.3 is 0 Å². The van der Waals surface area contributed by atoms with Crippen LogP contribution in [0.2, 0.25) is 0 Å². The number of carbonyl (C=O) groups excluding carboxylic acids is 1. The highest BCUT2D eigenvalue weighted by atomic mass is 16.4. The fourth-order valence-corrected chi connectivity index (χ4v) is 3.79. The Balaban J connectivity index is 1.76. The Hall–Kier alpha value is -2.87. The summed E-state index contributed by atoms with van der Waals surface area (Å²) in [5.74, 6) is -0.771. The molecule has 2 heteroatoms.